The van der Waals surface area contributed by atoms with Crippen LogP contribution in [0.1, 0.15) is 0 Å². The maximum Gasteiger partial charge on any atom is 0.273 e. The predicted octanol–water partition coefficient (Wildman–Crippen LogP) is 2.44. The SMILES string of the molecule is O=[N+]([O-])c1ccnc(Sc2cc([N+](=O)[O-])ccn2)c1. The highest BCUT2D eigenvalue weighted by Crippen LogP contribution is 2.28. The van der Waals surface area contributed by atoms with Crippen molar-refractivity contribution in [2.45, 2.75) is 10.1 Å². The van der Waals surface area contributed by atoms with Crippen LogP contribution in [-0.2, 0) is 0 Å². The van der Waals surface area contributed by atoms with Crippen LogP contribution in [0.4, 0.5) is 11.4 Å². The first-order valence-corrected chi connectivity index (χ1v) is 5.76. The second kappa shape index (κ2) is 5.40. The van der Waals surface area contributed by atoms with E-state index in [0.717, 1.165) is 11.8 Å². The standard InChI is InChI=1S/C10H6N4O4S/c15-13(16)7-1-3-11-9(5-7)19-10-6-8(14(17)18)2-4-12-10/h1-6H. The van der Waals surface area contributed by atoms with Crippen LogP contribution in [0, 0.1) is 20.2 Å². The van der Waals surface area contributed by atoms with Crippen LogP contribution in [0.25, 0.3) is 0 Å². The minimum absolute atomic E-state index is 0.0945. The van der Waals surface area contributed by atoms with Crippen molar-refractivity contribution < 1.29 is 9.85 Å². The molecule has 8 nitrogen and oxygen atoms in total. The van der Waals surface area contributed by atoms with Gasteiger partial charge < -0.3 is 0 Å². The molecule has 2 aromatic rings. The van der Waals surface area contributed by atoms with Gasteiger partial charge in [0, 0.05) is 36.7 Å². The molecule has 0 atom stereocenters. The molecule has 0 fully saturated rings. The van der Waals surface area contributed by atoms with Crippen molar-refractivity contribution in [2.24, 2.45) is 0 Å². The molecule has 9 heteroatoms. The summed E-state index contributed by atoms with van der Waals surface area (Å²) in [4.78, 5) is 28.0. The lowest BCUT2D eigenvalue weighted by molar-refractivity contribution is -0.385. The van der Waals surface area contributed by atoms with Gasteiger partial charge in [-0.1, -0.05) is 0 Å². The lowest BCUT2D eigenvalue weighted by Gasteiger charge is -1.99. The lowest BCUT2D eigenvalue weighted by atomic mass is 10.4. The first-order valence-electron chi connectivity index (χ1n) is 4.95. The zero-order valence-corrected chi connectivity index (χ0v) is 10.1. The van der Waals surface area contributed by atoms with Crippen LogP contribution in [0.5, 0.6) is 0 Å². The molecular formula is C10H6N4O4S. The van der Waals surface area contributed by atoms with Crippen molar-refractivity contribution in [3.8, 4) is 0 Å². The first kappa shape index (κ1) is 12.9. The Labute approximate surface area is 110 Å². The number of nitrogens with zero attached hydrogens (tertiary/aromatic N) is 4. The molecule has 0 aliphatic rings. The summed E-state index contributed by atoms with van der Waals surface area (Å²) in [5.41, 5.74) is -0.189. The summed E-state index contributed by atoms with van der Waals surface area (Å²) in [6.07, 6.45) is 2.61. The van der Waals surface area contributed by atoms with Gasteiger partial charge in [-0.25, -0.2) is 9.97 Å². The fourth-order valence-electron chi connectivity index (χ4n) is 1.24. The molecule has 19 heavy (non-hydrogen) atoms. The highest BCUT2D eigenvalue weighted by Gasteiger charge is 2.11. The Balaban J connectivity index is 2.26. The van der Waals surface area contributed by atoms with Crippen LogP contribution in [0.2, 0.25) is 0 Å². The number of hydrogen-bond acceptors (Lipinski definition) is 7. The Morgan fingerprint density at radius 3 is 1.68 bits per heavy atom. The van der Waals surface area contributed by atoms with E-state index >= 15 is 0 Å². The van der Waals surface area contributed by atoms with Gasteiger partial charge in [-0.15, -0.1) is 0 Å². The van der Waals surface area contributed by atoms with Crippen molar-refractivity contribution in [2.75, 3.05) is 0 Å². The Morgan fingerprint density at radius 2 is 1.32 bits per heavy atom. The molecule has 0 aliphatic carbocycles. The molecule has 0 aliphatic heterocycles. The molecule has 96 valence electrons. The molecule has 0 N–H and O–H groups in total. The first-order chi connectivity index (χ1) is 9.06. The highest BCUT2D eigenvalue weighted by atomic mass is 32.2. The molecular weight excluding hydrogens is 272 g/mol. The minimum Gasteiger partial charge on any atom is -0.258 e. The molecule has 0 unspecified atom stereocenters. The molecule has 0 amide bonds. The zero-order chi connectivity index (χ0) is 13.8. The molecule has 2 rings (SSSR count). The van der Waals surface area contributed by atoms with E-state index < -0.39 is 9.85 Å². The molecule has 0 radical (unpaired) electrons. The van der Waals surface area contributed by atoms with E-state index in [4.69, 9.17) is 0 Å². The van der Waals surface area contributed by atoms with Crippen molar-refractivity contribution in [1.29, 1.82) is 0 Å². The molecule has 0 bridgehead atoms. The Bertz CT molecular complexity index is 593. The maximum atomic E-state index is 10.6. The van der Waals surface area contributed by atoms with Gasteiger partial charge in [0.1, 0.15) is 10.1 Å². The molecule has 2 aromatic heterocycles. The third-order valence-corrected chi connectivity index (χ3v) is 2.93. The number of rotatable bonds is 4. The van der Waals surface area contributed by atoms with Gasteiger partial charge in [0.25, 0.3) is 11.4 Å². The molecule has 0 aromatic carbocycles. The third-order valence-electron chi connectivity index (χ3n) is 2.07. The van der Waals surface area contributed by atoms with Gasteiger partial charge >= 0.3 is 0 Å². The smallest absolute Gasteiger partial charge is 0.258 e. The van der Waals surface area contributed by atoms with E-state index in [1.807, 2.05) is 0 Å². The van der Waals surface area contributed by atoms with Crippen molar-refractivity contribution >= 4 is 23.1 Å². The van der Waals surface area contributed by atoms with E-state index in [0.29, 0.717) is 10.1 Å². The Hall–Kier alpha value is -2.55. The van der Waals surface area contributed by atoms with Gasteiger partial charge in [-0.05, 0) is 11.8 Å². The number of aromatic nitrogens is 2. The fourth-order valence-corrected chi connectivity index (χ4v) is 2.04. The van der Waals surface area contributed by atoms with E-state index in [9.17, 15) is 20.2 Å². The minimum atomic E-state index is -0.535. The van der Waals surface area contributed by atoms with Gasteiger partial charge in [-0.2, -0.15) is 0 Å². The highest BCUT2D eigenvalue weighted by molar-refractivity contribution is 7.99. The van der Waals surface area contributed by atoms with E-state index in [1.165, 1.54) is 36.7 Å². The van der Waals surface area contributed by atoms with Crippen LogP contribution in [-0.4, -0.2) is 19.8 Å². The zero-order valence-electron chi connectivity index (χ0n) is 9.29. The fraction of sp³-hybridized carbons (Fsp3) is 0. The van der Waals surface area contributed by atoms with E-state index in [1.54, 1.807) is 0 Å². The normalized spacial score (nSPS) is 10.1. The van der Waals surface area contributed by atoms with Gasteiger partial charge in [0.2, 0.25) is 0 Å². The number of pyridine rings is 2. The molecule has 0 saturated heterocycles. The van der Waals surface area contributed by atoms with Gasteiger partial charge in [-0.3, -0.25) is 20.2 Å². The van der Waals surface area contributed by atoms with Crippen LogP contribution in [0.15, 0.2) is 46.7 Å². The quantitative estimate of drug-likeness (QED) is 0.623. The molecule has 0 spiro atoms. The summed E-state index contributed by atoms with van der Waals surface area (Å²) < 4.78 is 0. The van der Waals surface area contributed by atoms with Crippen LogP contribution >= 0.6 is 11.8 Å². The van der Waals surface area contributed by atoms with Crippen LogP contribution in [0.3, 0.4) is 0 Å². The second-order valence-electron chi connectivity index (χ2n) is 3.32. The van der Waals surface area contributed by atoms with Crippen LogP contribution < -0.4 is 0 Å². The van der Waals surface area contributed by atoms with E-state index in [-0.39, 0.29) is 11.4 Å². The van der Waals surface area contributed by atoms with Crippen molar-refractivity contribution in [3.63, 3.8) is 0 Å². The van der Waals surface area contributed by atoms with Gasteiger partial charge in [0.15, 0.2) is 0 Å². The Kier molecular flexibility index (Phi) is 3.66. The summed E-state index contributed by atoms with van der Waals surface area (Å²) in [6, 6.07) is 5.10. The van der Waals surface area contributed by atoms with E-state index in [2.05, 4.69) is 9.97 Å². The third kappa shape index (κ3) is 3.22. The summed E-state index contributed by atoms with van der Waals surface area (Å²) in [5, 5.41) is 21.9. The summed E-state index contributed by atoms with van der Waals surface area (Å²) >= 11 is 1.02. The topological polar surface area (TPSA) is 112 Å². The largest absolute Gasteiger partial charge is 0.273 e. The maximum absolute atomic E-state index is 10.6. The summed E-state index contributed by atoms with van der Waals surface area (Å²) in [7, 11) is 0. The summed E-state index contributed by atoms with van der Waals surface area (Å²) in [5.74, 6) is 0. The molecule has 2 heterocycles. The predicted molar refractivity (Wildman–Crippen MR) is 65.9 cm³/mol. The molecule has 0 saturated carbocycles. The average molecular weight is 278 g/mol. The summed E-state index contributed by atoms with van der Waals surface area (Å²) in [6.45, 7) is 0. The Morgan fingerprint density at radius 1 is 0.895 bits per heavy atom. The number of hydrogen-bond donors (Lipinski definition) is 0. The van der Waals surface area contributed by atoms with Crippen molar-refractivity contribution in [3.05, 3.63) is 56.9 Å². The lowest BCUT2D eigenvalue weighted by Crippen LogP contribution is -1.91. The average Bonchev–Trinajstić information content (AvgIpc) is 2.39. The van der Waals surface area contributed by atoms with Crippen molar-refractivity contribution in [1.82, 2.24) is 9.97 Å². The van der Waals surface area contributed by atoms with Gasteiger partial charge in [0.05, 0.1) is 9.85 Å². The number of nitro groups is 2. The monoisotopic (exact) mass is 278 g/mol. The second-order valence-corrected chi connectivity index (χ2v) is 4.36.